The van der Waals surface area contributed by atoms with Crippen molar-refractivity contribution in [2.24, 2.45) is 5.92 Å². The number of nitriles is 1. The number of ketones is 1. The molecule has 4 rings (SSSR count). The van der Waals surface area contributed by atoms with E-state index in [1.165, 1.54) is 0 Å². The minimum absolute atomic E-state index is 0.0964. The summed E-state index contributed by atoms with van der Waals surface area (Å²) in [5, 5.41) is 9.20. The Hall–Kier alpha value is -3.27. The van der Waals surface area contributed by atoms with Crippen molar-refractivity contribution in [2.45, 2.75) is 44.4 Å². The fraction of sp³-hybridized carbons (Fsp3) is 0.348. The van der Waals surface area contributed by atoms with E-state index in [0.717, 1.165) is 30.5 Å². The zero-order valence-corrected chi connectivity index (χ0v) is 16.2. The number of Topliss-reactive ketones (excluding diaryl/α,β-unsaturated/α-hetero) is 1. The third-order valence-electron chi connectivity index (χ3n) is 5.97. The monoisotopic (exact) mass is 410 g/mol. The summed E-state index contributed by atoms with van der Waals surface area (Å²) in [6.07, 6.45) is 1.96. The summed E-state index contributed by atoms with van der Waals surface area (Å²) in [6, 6.07) is 12.4. The lowest BCUT2D eigenvalue weighted by Gasteiger charge is -2.37. The molecule has 1 amide bonds. The summed E-state index contributed by atoms with van der Waals surface area (Å²) in [5.41, 5.74) is 0.627. The van der Waals surface area contributed by atoms with Gasteiger partial charge in [-0.05, 0) is 43.4 Å². The van der Waals surface area contributed by atoms with Crippen molar-refractivity contribution in [3.8, 4) is 6.07 Å². The Morgan fingerprint density at radius 2 is 1.70 bits per heavy atom. The highest BCUT2D eigenvalue weighted by Gasteiger charge is 2.46. The second kappa shape index (κ2) is 8.23. The minimum Gasteiger partial charge on any atom is -0.445 e. The molecule has 2 aromatic rings. The van der Waals surface area contributed by atoms with E-state index in [1.54, 1.807) is 11.0 Å². The van der Waals surface area contributed by atoms with Gasteiger partial charge in [-0.3, -0.25) is 4.79 Å². The van der Waals surface area contributed by atoms with Crippen LogP contribution in [0.5, 0.6) is 0 Å². The number of ether oxygens (including phenoxy) is 1. The summed E-state index contributed by atoms with van der Waals surface area (Å²) in [4.78, 5) is 27.3. The summed E-state index contributed by atoms with van der Waals surface area (Å²) >= 11 is 0. The molecule has 154 valence electrons. The molecular weight excluding hydrogens is 390 g/mol. The standard InChI is InChI=1S/C23H20F2N2O3/c24-20-10-16(12-26)19(11-21(20)25)22(28)15-8-17-6-7-18(9-15)27(17)23(29)30-13-14-4-2-1-3-5-14/h1-5,10-11,15,17-18H,6-9,13H2. The topological polar surface area (TPSA) is 70.4 Å². The average molecular weight is 410 g/mol. The van der Waals surface area contributed by atoms with Crippen molar-refractivity contribution in [1.29, 1.82) is 5.26 Å². The quantitative estimate of drug-likeness (QED) is 0.691. The van der Waals surface area contributed by atoms with Crippen LogP contribution in [-0.2, 0) is 11.3 Å². The lowest BCUT2D eigenvalue weighted by atomic mass is 9.83. The number of rotatable bonds is 4. The molecule has 5 nitrogen and oxygen atoms in total. The van der Waals surface area contributed by atoms with Gasteiger partial charge in [0.15, 0.2) is 17.4 Å². The van der Waals surface area contributed by atoms with Crippen LogP contribution in [-0.4, -0.2) is 28.9 Å². The number of hydrogen-bond acceptors (Lipinski definition) is 4. The normalized spacial score (nSPS) is 22.4. The Kier molecular flexibility index (Phi) is 5.49. The van der Waals surface area contributed by atoms with Crippen molar-refractivity contribution in [3.05, 3.63) is 70.8 Å². The molecule has 2 heterocycles. The number of carbonyl (C=O) groups is 2. The summed E-state index contributed by atoms with van der Waals surface area (Å²) in [6.45, 7) is 0.179. The molecular formula is C23H20F2N2O3. The first-order valence-corrected chi connectivity index (χ1v) is 9.90. The van der Waals surface area contributed by atoms with Crippen molar-refractivity contribution in [3.63, 3.8) is 0 Å². The van der Waals surface area contributed by atoms with E-state index in [0.29, 0.717) is 12.8 Å². The Balaban J connectivity index is 1.45. The number of benzene rings is 2. The third kappa shape index (κ3) is 3.78. The van der Waals surface area contributed by atoms with Crippen molar-refractivity contribution in [2.75, 3.05) is 0 Å². The molecule has 7 heteroatoms. The fourth-order valence-electron chi connectivity index (χ4n) is 4.55. The van der Waals surface area contributed by atoms with Gasteiger partial charge in [-0.2, -0.15) is 5.26 Å². The van der Waals surface area contributed by atoms with Gasteiger partial charge < -0.3 is 9.64 Å². The molecule has 2 aliphatic rings. The summed E-state index contributed by atoms with van der Waals surface area (Å²) in [7, 11) is 0. The average Bonchev–Trinajstić information content (AvgIpc) is 3.03. The summed E-state index contributed by atoms with van der Waals surface area (Å²) < 4.78 is 32.6. The molecule has 2 atom stereocenters. The van der Waals surface area contributed by atoms with E-state index in [9.17, 15) is 23.6 Å². The number of fused-ring (bicyclic) bond motifs is 2. The minimum atomic E-state index is -1.15. The number of carbonyl (C=O) groups excluding carboxylic acids is 2. The van der Waals surface area contributed by atoms with Gasteiger partial charge in [0, 0.05) is 23.6 Å². The van der Waals surface area contributed by atoms with Gasteiger partial charge in [0.1, 0.15) is 6.61 Å². The van der Waals surface area contributed by atoms with E-state index in [4.69, 9.17) is 4.74 Å². The zero-order chi connectivity index (χ0) is 21.3. The molecule has 2 aromatic carbocycles. The highest BCUT2D eigenvalue weighted by molar-refractivity contribution is 6.00. The largest absolute Gasteiger partial charge is 0.445 e. The first kappa shape index (κ1) is 20.0. The first-order valence-electron chi connectivity index (χ1n) is 9.90. The molecule has 0 aromatic heterocycles. The van der Waals surface area contributed by atoms with Gasteiger partial charge in [-0.1, -0.05) is 30.3 Å². The van der Waals surface area contributed by atoms with Gasteiger partial charge in [-0.25, -0.2) is 13.6 Å². The van der Waals surface area contributed by atoms with Crippen molar-refractivity contribution >= 4 is 11.9 Å². The van der Waals surface area contributed by atoms with Gasteiger partial charge >= 0.3 is 6.09 Å². The van der Waals surface area contributed by atoms with Gasteiger partial charge in [0.25, 0.3) is 0 Å². The van der Waals surface area contributed by atoms with Gasteiger partial charge in [-0.15, -0.1) is 0 Å². The SMILES string of the molecule is N#Cc1cc(F)c(F)cc1C(=O)C1CC2CCC(C1)N2C(=O)OCc1ccccc1. The van der Waals surface area contributed by atoms with Crippen LogP contribution < -0.4 is 0 Å². The Morgan fingerprint density at radius 3 is 2.33 bits per heavy atom. The maximum atomic E-state index is 13.7. The molecule has 30 heavy (non-hydrogen) atoms. The maximum absolute atomic E-state index is 13.7. The Morgan fingerprint density at radius 1 is 1.07 bits per heavy atom. The number of piperidine rings is 1. The lowest BCUT2D eigenvalue weighted by Crippen LogP contribution is -2.48. The van der Waals surface area contributed by atoms with Crippen molar-refractivity contribution in [1.82, 2.24) is 4.90 Å². The molecule has 2 saturated heterocycles. The van der Waals surface area contributed by atoms with Crippen LogP contribution >= 0.6 is 0 Å². The van der Waals surface area contributed by atoms with Crippen LogP contribution in [0.15, 0.2) is 42.5 Å². The van der Waals surface area contributed by atoms with Crippen molar-refractivity contribution < 1.29 is 23.1 Å². The van der Waals surface area contributed by atoms with Gasteiger partial charge in [0.2, 0.25) is 0 Å². The van der Waals surface area contributed by atoms with Gasteiger partial charge in [0.05, 0.1) is 11.6 Å². The molecule has 2 bridgehead atoms. The molecule has 2 fully saturated rings. The van der Waals surface area contributed by atoms with Crippen LogP contribution in [0.3, 0.4) is 0 Å². The highest BCUT2D eigenvalue weighted by Crippen LogP contribution is 2.40. The molecule has 0 radical (unpaired) electrons. The van der Waals surface area contributed by atoms with E-state index in [1.807, 2.05) is 30.3 Å². The maximum Gasteiger partial charge on any atom is 0.410 e. The predicted molar refractivity (Wildman–Crippen MR) is 103 cm³/mol. The van der Waals surface area contributed by atoms with Crippen LogP contribution in [0.4, 0.5) is 13.6 Å². The predicted octanol–water partition coefficient (Wildman–Crippen LogP) is 4.60. The summed E-state index contributed by atoms with van der Waals surface area (Å²) in [5.74, 6) is -3.13. The molecule has 0 N–H and O–H groups in total. The second-order valence-corrected chi connectivity index (χ2v) is 7.79. The molecule has 2 unspecified atom stereocenters. The first-order chi connectivity index (χ1) is 14.5. The molecule has 0 aliphatic carbocycles. The second-order valence-electron chi connectivity index (χ2n) is 7.79. The zero-order valence-electron chi connectivity index (χ0n) is 16.2. The number of halogens is 2. The van der Waals surface area contributed by atoms with E-state index in [-0.39, 0.29) is 35.6 Å². The fourth-order valence-corrected chi connectivity index (χ4v) is 4.55. The van der Waals surface area contributed by atoms with E-state index < -0.39 is 23.6 Å². The lowest BCUT2D eigenvalue weighted by molar-refractivity contribution is 0.0485. The molecule has 2 aliphatic heterocycles. The number of amides is 1. The molecule has 0 spiro atoms. The smallest absolute Gasteiger partial charge is 0.410 e. The van der Waals surface area contributed by atoms with Crippen LogP contribution in [0.2, 0.25) is 0 Å². The highest BCUT2D eigenvalue weighted by atomic mass is 19.2. The third-order valence-corrected chi connectivity index (χ3v) is 5.97. The van der Waals surface area contributed by atoms with E-state index in [2.05, 4.69) is 0 Å². The Bertz CT molecular complexity index is 1010. The molecule has 0 saturated carbocycles. The number of hydrogen-bond donors (Lipinski definition) is 0. The van der Waals surface area contributed by atoms with E-state index >= 15 is 0 Å². The Labute approximate surface area is 172 Å². The van der Waals surface area contributed by atoms with Crippen LogP contribution in [0.25, 0.3) is 0 Å². The van der Waals surface area contributed by atoms with Crippen LogP contribution in [0.1, 0.15) is 47.2 Å². The number of nitrogens with zero attached hydrogens (tertiary/aromatic N) is 2. The van der Waals surface area contributed by atoms with Crippen LogP contribution in [0, 0.1) is 28.9 Å².